The smallest absolute Gasteiger partial charge is 0.123 e. The number of hydrogen-bond acceptors (Lipinski definition) is 2. The molecule has 1 saturated carbocycles. The molecule has 0 unspecified atom stereocenters. The normalized spacial score (nSPS) is 18.8. The van der Waals surface area contributed by atoms with Gasteiger partial charge in [0.2, 0.25) is 0 Å². The SMILES string of the molecule is COc1ccc(C)cc1C1(N)CCC1. The van der Waals surface area contributed by atoms with E-state index in [0.717, 1.165) is 18.6 Å². The minimum Gasteiger partial charge on any atom is -0.496 e. The lowest BCUT2D eigenvalue weighted by Crippen LogP contribution is -2.43. The van der Waals surface area contributed by atoms with Crippen molar-refractivity contribution >= 4 is 0 Å². The summed E-state index contributed by atoms with van der Waals surface area (Å²) in [5.74, 6) is 0.929. The molecule has 0 radical (unpaired) electrons. The molecule has 14 heavy (non-hydrogen) atoms. The maximum atomic E-state index is 6.29. The molecule has 2 rings (SSSR count). The summed E-state index contributed by atoms with van der Waals surface area (Å²) in [7, 11) is 1.70. The Morgan fingerprint density at radius 2 is 2.07 bits per heavy atom. The maximum Gasteiger partial charge on any atom is 0.123 e. The van der Waals surface area contributed by atoms with Crippen molar-refractivity contribution in [3.63, 3.8) is 0 Å². The van der Waals surface area contributed by atoms with Crippen molar-refractivity contribution < 1.29 is 4.74 Å². The predicted octanol–water partition coefficient (Wildman–Crippen LogP) is 2.34. The first-order valence-electron chi connectivity index (χ1n) is 5.10. The van der Waals surface area contributed by atoms with Gasteiger partial charge in [-0.15, -0.1) is 0 Å². The quantitative estimate of drug-likeness (QED) is 0.778. The molecule has 0 aliphatic heterocycles. The molecule has 2 N–H and O–H groups in total. The third-order valence-corrected chi connectivity index (χ3v) is 3.14. The zero-order chi connectivity index (χ0) is 10.2. The largest absolute Gasteiger partial charge is 0.496 e. The molecular formula is C12H17NO. The van der Waals surface area contributed by atoms with Gasteiger partial charge in [-0.05, 0) is 32.3 Å². The second-order valence-corrected chi connectivity index (χ2v) is 4.21. The van der Waals surface area contributed by atoms with Gasteiger partial charge in [-0.3, -0.25) is 0 Å². The summed E-state index contributed by atoms with van der Waals surface area (Å²) < 4.78 is 5.34. The molecule has 0 spiro atoms. The maximum absolute atomic E-state index is 6.29. The minimum atomic E-state index is -0.128. The van der Waals surface area contributed by atoms with E-state index in [-0.39, 0.29) is 5.54 Å². The molecule has 1 aromatic rings. The summed E-state index contributed by atoms with van der Waals surface area (Å²) in [5.41, 5.74) is 8.58. The standard InChI is InChI=1S/C12H17NO/c1-9-4-5-11(14-2)10(8-9)12(13)6-3-7-12/h4-5,8H,3,6-7,13H2,1-2H3. The lowest BCUT2D eigenvalue weighted by Gasteiger charge is -2.39. The first-order valence-corrected chi connectivity index (χ1v) is 5.10. The van der Waals surface area contributed by atoms with E-state index in [1.807, 2.05) is 6.07 Å². The van der Waals surface area contributed by atoms with Crippen molar-refractivity contribution in [2.24, 2.45) is 5.73 Å². The van der Waals surface area contributed by atoms with E-state index >= 15 is 0 Å². The monoisotopic (exact) mass is 191 g/mol. The summed E-state index contributed by atoms with van der Waals surface area (Å²) in [4.78, 5) is 0. The molecule has 1 aliphatic rings. The van der Waals surface area contributed by atoms with E-state index in [1.54, 1.807) is 7.11 Å². The van der Waals surface area contributed by atoms with E-state index in [4.69, 9.17) is 10.5 Å². The number of methoxy groups -OCH3 is 1. The van der Waals surface area contributed by atoms with Gasteiger partial charge >= 0.3 is 0 Å². The first kappa shape index (κ1) is 9.53. The molecule has 1 aromatic carbocycles. The molecule has 0 amide bonds. The van der Waals surface area contributed by atoms with E-state index in [2.05, 4.69) is 19.1 Å². The molecule has 2 nitrogen and oxygen atoms in total. The number of nitrogens with two attached hydrogens (primary N) is 1. The van der Waals surface area contributed by atoms with Gasteiger partial charge in [-0.2, -0.15) is 0 Å². The second-order valence-electron chi connectivity index (χ2n) is 4.21. The fourth-order valence-electron chi connectivity index (χ4n) is 2.04. The summed E-state index contributed by atoms with van der Waals surface area (Å²) in [6, 6.07) is 6.22. The van der Waals surface area contributed by atoms with Gasteiger partial charge in [0.1, 0.15) is 5.75 Å². The van der Waals surface area contributed by atoms with Crippen LogP contribution in [-0.2, 0) is 5.54 Å². The Bertz CT molecular complexity index is 342. The third-order valence-electron chi connectivity index (χ3n) is 3.14. The lowest BCUT2D eigenvalue weighted by atomic mass is 9.72. The van der Waals surface area contributed by atoms with Crippen molar-refractivity contribution in [3.8, 4) is 5.75 Å². The van der Waals surface area contributed by atoms with Crippen LogP contribution in [0, 0.1) is 6.92 Å². The number of aryl methyl sites for hydroxylation is 1. The van der Waals surface area contributed by atoms with E-state index < -0.39 is 0 Å². The van der Waals surface area contributed by atoms with Gasteiger partial charge in [-0.1, -0.05) is 17.7 Å². The van der Waals surface area contributed by atoms with E-state index in [9.17, 15) is 0 Å². The molecule has 1 fully saturated rings. The summed E-state index contributed by atoms with van der Waals surface area (Å²) >= 11 is 0. The van der Waals surface area contributed by atoms with Crippen LogP contribution in [0.5, 0.6) is 5.75 Å². The van der Waals surface area contributed by atoms with Crippen molar-refractivity contribution in [2.75, 3.05) is 7.11 Å². The molecule has 0 saturated heterocycles. The van der Waals surface area contributed by atoms with Crippen LogP contribution >= 0.6 is 0 Å². The van der Waals surface area contributed by atoms with Gasteiger partial charge in [0.25, 0.3) is 0 Å². The molecule has 0 atom stereocenters. The van der Waals surface area contributed by atoms with Crippen LogP contribution in [0.2, 0.25) is 0 Å². The van der Waals surface area contributed by atoms with Crippen molar-refractivity contribution in [2.45, 2.75) is 31.7 Å². The van der Waals surface area contributed by atoms with E-state index in [1.165, 1.54) is 17.5 Å². The van der Waals surface area contributed by atoms with Gasteiger partial charge < -0.3 is 10.5 Å². The number of ether oxygens (including phenoxy) is 1. The zero-order valence-electron chi connectivity index (χ0n) is 8.84. The predicted molar refractivity (Wildman–Crippen MR) is 57.4 cm³/mol. The Morgan fingerprint density at radius 1 is 1.36 bits per heavy atom. The van der Waals surface area contributed by atoms with Crippen LogP contribution in [0.15, 0.2) is 18.2 Å². The van der Waals surface area contributed by atoms with Gasteiger partial charge in [0.05, 0.1) is 7.11 Å². The van der Waals surface area contributed by atoms with Crippen LogP contribution in [0.25, 0.3) is 0 Å². The molecule has 0 aromatic heterocycles. The molecular weight excluding hydrogens is 174 g/mol. The average Bonchev–Trinajstić information content (AvgIpc) is 2.14. The Hall–Kier alpha value is -1.02. The minimum absolute atomic E-state index is 0.128. The van der Waals surface area contributed by atoms with E-state index in [0.29, 0.717) is 0 Å². The molecule has 1 aliphatic carbocycles. The van der Waals surface area contributed by atoms with Crippen LogP contribution < -0.4 is 10.5 Å². The van der Waals surface area contributed by atoms with Gasteiger partial charge in [0.15, 0.2) is 0 Å². The highest BCUT2D eigenvalue weighted by atomic mass is 16.5. The summed E-state index contributed by atoms with van der Waals surface area (Å²) in [6.07, 6.45) is 3.38. The average molecular weight is 191 g/mol. The highest BCUT2D eigenvalue weighted by Crippen LogP contribution is 2.42. The van der Waals surface area contributed by atoms with Crippen LogP contribution in [0.3, 0.4) is 0 Å². The van der Waals surface area contributed by atoms with Crippen molar-refractivity contribution in [3.05, 3.63) is 29.3 Å². The fraction of sp³-hybridized carbons (Fsp3) is 0.500. The molecule has 2 heteroatoms. The highest BCUT2D eigenvalue weighted by Gasteiger charge is 2.36. The van der Waals surface area contributed by atoms with Crippen molar-refractivity contribution in [1.29, 1.82) is 0 Å². The summed E-state index contributed by atoms with van der Waals surface area (Å²) in [5, 5.41) is 0. The Kier molecular flexibility index (Phi) is 2.23. The fourth-order valence-corrected chi connectivity index (χ4v) is 2.04. The Morgan fingerprint density at radius 3 is 2.57 bits per heavy atom. The topological polar surface area (TPSA) is 35.2 Å². The van der Waals surface area contributed by atoms with Gasteiger partial charge in [0, 0.05) is 11.1 Å². The van der Waals surface area contributed by atoms with Crippen LogP contribution in [0.1, 0.15) is 30.4 Å². The lowest BCUT2D eigenvalue weighted by molar-refractivity contribution is 0.243. The zero-order valence-corrected chi connectivity index (χ0v) is 8.84. The Balaban J connectivity index is 2.43. The third kappa shape index (κ3) is 1.40. The second kappa shape index (κ2) is 3.28. The number of hydrogen-bond donors (Lipinski definition) is 1. The van der Waals surface area contributed by atoms with Crippen molar-refractivity contribution in [1.82, 2.24) is 0 Å². The van der Waals surface area contributed by atoms with Crippen LogP contribution in [-0.4, -0.2) is 7.11 Å². The van der Waals surface area contributed by atoms with Gasteiger partial charge in [-0.25, -0.2) is 0 Å². The highest BCUT2D eigenvalue weighted by molar-refractivity contribution is 5.42. The molecule has 76 valence electrons. The first-order chi connectivity index (χ1) is 6.65. The molecule has 0 bridgehead atoms. The Labute approximate surface area is 85.1 Å². The summed E-state index contributed by atoms with van der Waals surface area (Å²) in [6.45, 7) is 2.09. The number of rotatable bonds is 2. The number of benzene rings is 1. The van der Waals surface area contributed by atoms with Crippen LogP contribution in [0.4, 0.5) is 0 Å². The molecule has 0 heterocycles.